The van der Waals surface area contributed by atoms with Gasteiger partial charge in [-0.05, 0) is 28.0 Å². The number of fused-ring (bicyclic) bond motifs is 1. The first kappa shape index (κ1) is 20.0. The molecule has 6 rings (SSSR count). The van der Waals surface area contributed by atoms with E-state index >= 15 is 0 Å². The summed E-state index contributed by atoms with van der Waals surface area (Å²) in [4.78, 5) is 14.5. The minimum Gasteiger partial charge on any atom is -0.208 e. The minimum absolute atomic E-state index is 0.666. The fourth-order valence-corrected chi connectivity index (χ4v) is 4.23. The van der Waals surface area contributed by atoms with Gasteiger partial charge in [0, 0.05) is 16.7 Å². The van der Waals surface area contributed by atoms with Crippen LogP contribution in [0.3, 0.4) is 0 Å². The summed E-state index contributed by atoms with van der Waals surface area (Å²) in [5.41, 5.74) is 5.33. The zero-order chi connectivity index (χ0) is 22.7. The molecule has 1 heterocycles. The van der Waals surface area contributed by atoms with Crippen molar-refractivity contribution >= 4 is 10.8 Å². The van der Waals surface area contributed by atoms with Gasteiger partial charge in [0.1, 0.15) is 0 Å². The number of hydrogen-bond donors (Lipinski definition) is 0. The van der Waals surface area contributed by atoms with E-state index in [1.807, 2.05) is 66.7 Å². The summed E-state index contributed by atoms with van der Waals surface area (Å²) in [6.45, 7) is 0. The second kappa shape index (κ2) is 8.72. The monoisotopic (exact) mass is 435 g/mol. The molecule has 3 nitrogen and oxygen atoms in total. The quantitative estimate of drug-likeness (QED) is 0.285. The molecule has 0 atom stereocenters. The maximum atomic E-state index is 4.86. The van der Waals surface area contributed by atoms with Crippen LogP contribution < -0.4 is 0 Å². The summed E-state index contributed by atoms with van der Waals surface area (Å²) in [5.74, 6) is 2.00. The smallest absolute Gasteiger partial charge is 0.164 e. The van der Waals surface area contributed by atoms with Crippen LogP contribution in [0.1, 0.15) is 0 Å². The van der Waals surface area contributed by atoms with Crippen LogP contribution in [0.2, 0.25) is 0 Å². The summed E-state index contributed by atoms with van der Waals surface area (Å²) >= 11 is 0. The first-order valence-electron chi connectivity index (χ1n) is 11.3. The average molecular weight is 436 g/mol. The summed E-state index contributed by atoms with van der Waals surface area (Å²) in [6, 6.07) is 43.5. The Morgan fingerprint density at radius 2 is 0.853 bits per heavy atom. The van der Waals surface area contributed by atoms with Crippen LogP contribution >= 0.6 is 0 Å². The SMILES string of the molecule is c1ccc(-c2nc(-c3ccccc3)nc(-c3ccc4c(-c5ccccc5)cccc4c3)n2)cc1. The van der Waals surface area contributed by atoms with Crippen LogP contribution in [-0.2, 0) is 0 Å². The van der Waals surface area contributed by atoms with Crippen LogP contribution in [0.4, 0.5) is 0 Å². The van der Waals surface area contributed by atoms with Gasteiger partial charge in [0.15, 0.2) is 17.5 Å². The topological polar surface area (TPSA) is 38.7 Å². The highest BCUT2D eigenvalue weighted by molar-refractivity contribution is 5.98. The van der Waals surface area contributed by atoms with Gasteiger partial charge < -0.3 is 0 Å². The van der Waals surface area contributed by atoms with E-state index in [2.05, 4.69) is 60.7 Å². The van der Waals surface area contributed by atoms with Gasteiger partial charge >= 0.3 is 0 Å². The van der Waals surface area contributed by atoms with Crippen molar-refractivity contribution in [2.75, 3.05) is 0 Å². The number of hydrogen-bond acceptors (Lipinski definition) is 3. The third-order valence-corrected chi connectivity index (χ3v) is 5.92. The number of benzene rings is 5. The first-order valence-corrected chi connectivity index (χ1v) is 11.3. The van der Waals surface area contributed by atoms with E-state index in [-0.39, 0.29) is 0 Å². The average Bonchev–Trinajstić information content (AvgIpc) is 2.93. The van der Waals surface area contributed by atoms with Crippen LogP contribution in [0, 0.1) is 0 Å². The van der Waals surface area contributed by atoms with Crippen LogP contribution in [0.5, 0.6) is 0 Å². The lowest BCUT2D eigenvalue weighted by Crippen LogP contribution is -2.00. The van der Waals surface area contributed by atoms with Gasteiger partial charge in [0.2, 0.25) is 0 Å². The Morgan fingerprint density at radius 1 is 0.353 bits per heavy atom. The fraction of sp³-hybridized carbons (Fsp3) is 0. The third kappa shape index (κ3) is 3.84. The van der Waals surface area contributed by atoms with Crippen LogP contribution in [0.25, 0.3) is 56.1 Å². The van der Waals surface area contributed by atoms with Crippen molar-refractivity contribution in [1.82, 2.24) is 15.0 Å². The summed E-state index contributed by atoms with van der Waals surface area (Å²) < 4.78 is 0. The molecule has 0 bridgehead atoms. The molecule has 0 aliphatic carbocycles. The molecule has 0 N–H and O–H groups in total. The lowest BCUT2D eigenvalue weighted by atomic mass is 9.97. The van der Waals surface area contributed by atoms with E-state index in [0.29, 0.717) is 17.5 Å². The minimum atomic E-state index is 0.666. The third-order valence-electron chi connectivity index (χ3n) is 5.92. The van der Waals surface area contributed by atoms with Crippen molar-refractivity contribution in [2.45, 2.75) is 0 Å². The molecule has 0 saturated carbocycles. The molecule has 3 heteroatoms. The molecule has 0 aliphatic heterocycles. The fourth-order valence-electron chi connectivity index (χ4n) is 4.23. The standard InChI is InChI=1S/C31H21N3/c1-4-11-22(12-5-1)27-18-10-17-25-21-26(19-20-28(25)27)31-33-29(23-13-6-2-7-14-23)32-30(34-31)24-15-8-3-9-16-24/h1-21H. The van der Waals surface area contributed by atoms with Crippen LogP contribution in [-0.4, -0.2) is 15.0 Å². The van der Waals surface area contributed by atoms with E-state index in [4.69, 9.17) is 15.0 Å². The Labute approximate surface area is 198 Å². The maximum absolute atomic E-state index is 4.86. The second-order valence-corrected chi connectivity index (χ2v) is 8.15. The molecular weight excluding hydrogens is 414 g/mol. The lowest BCUT2D eigenvalue weighted by molar-refractivity contribution is 1.07. The normalized spacial score (nSPS) is 10.9. The highest BCUT2D eigenvalue weighted by Crippen LogP contribution is 2.32. The van der Waals surface area contributed by atoms with Crippen molar-refractivity contribution in [2.24, 2.45) is 0 Å². The summed E-state index contributed by atoms with van der Waals surface area (Å²) in [6.07, 6.45) is 0. The highest BCUT2D eigenvalue weighted by Gasteiger charge is 2.13. The Balaban J connectivity index is 1.52. The summed E-state index contributed by atoms with van der Waals surface area (Å²) in [5, 5.41) is 2.36. The zero-order valence-electron chi connectivity index (χ0n) is 18.5. The Hall–Kier alpha value is -4.63. The summed E-state index contributed by atoms with van der Waals surface area (Å²) in [7, 11) is 0. The van der Waals surface area contributed by atoms with Crippen molar-refractivity contribution in [1.29, 1.82) is 0 Å². The van der Waals surface area contributed by atoms with E-state index < -0.39 is 0 Å². The number of rotatable bonds is 4. The molecule has 0 spiro atoms. The molecular formula is C31H21N3. The Morgan fingerprint density at radius 3 is 1.41 bits per heavy atom. The Kier molecular flexibility index (Phi) is 5.13. The van der Waals surface area contributed by atoms with E-state index in [1.165, 1.54) is 16.5 Å². The van der Waals surface area contributed by atoms with Crippen molar-refractivity contribution < 1.29 is 0 Å². The second-order valence-electron chi connectivity index (χ2n) is 8.15. The molecule has 0 aliphatic rings. The van der Waals surface area contributed by atoms with Gasteiger partial charge in [-0.15, -0.1) is 0 Å². The molecule has 6 aromatic rings. The molecule has 0 saturated heterocycles. The molecule has 0 amide bonds. The highest BCUT2D eigenvalue weighted by atomic mass is 15.0. The first-order chi connectivity index (χ1) is 16.8. The van der Waals surface area contributed by atoms with Gasteiger partial charge in [-0.25, -0.2) is 15.0 Å². The van der Waals surface area contributed by atoms with Gasteiger partial charge in [-0.2, -0.15) is 0 Å². The van der Waals surface area contributed by atoms with E-state index in [1.54, 1.807) is 0 Å². The van der Waals surface area contributed by atoms with Crippen molar-refractivity contribution in [3.05, 3.63) is 127 Å². The molecule has 0 radical (unpaired) electrons. The van der Waals surface area contributed by atoms with E-state index in [0.717, 1.165) is 22.1 Å². The molecule has 160 valence electrons. The van der Waals surface area contributed by atoms with Crippen molar-refractivity contribution in [3.63, 3.8) is 0 Å². The van der Waals surface area contributed by atoms with Gasteiger partial charge in [0.05, 0.1) is 0 Å². The van der Waals surface area contributed by atoms with Crippen molar-refractivity contribution in [3.8, 4) is 45.3 Å². The van der Waals surface area contributed by atoms with Gasteiger partial charge in [0.25, 0.3) is 0 Å². The van der Waals surface area contributed by atoms with E-state index in [9.17, 15) is 0 Å². The number of nitrogens with zero attached hydrogens (tertiary/aromatic N) is 3. The maximum Gasteiger partial charge on any atom is 0.164 e. The molecule has 0 unspecified atom stereocenters. The molecule has 1 aromatic heterocycles. The predicted octanol–water partition coefficient (Wildman–Crippen LogP) is 7.69. The largest absolute Gasteiger partial charge is 0.208 e. The molecule has 5 aromatic carbocycles. The number of aromatic nitrogens is 3. The lowest BCUT2D eigenvalue weighted by Gasteiger charge is -2.11. The Bertz CT molecular complexity index is 1520. The zero-order valence-corrected chi connectivity index (χ0v) is 18.5. The van der Waals surface area contributed by atoms with Gasteiger partial charge in [-0.3, -0.25) is 0 Å². The molecule has 34 heavy (non-hydrogen) atoms. The van der Waals surface area contributed by atoms with Gasteiger partial charge in [-0.1, -0.05) is 121 Å². The predicted molar refractivity (Wildman–Crippen MR) is 139 cm³/mol. The molecule has 0 fully saturated rings. The van der Waals surface area contributed by atoms with Crippen LogP contribution in [0.15, 0.2) is 127 Å².